The molecule has 1 aromatic rings. The van der Waals surface area contributed by atoms with Crippen LogP contribution in [0.15, 0.2) is 29.4 Å². The highest BCUT2D eigenvalue weighted by atomic mass is 19.4. The van der Waals surface area contributed by atoms with Gasteiger partial charge in [-0.1, -0.05) is 0 Å². The van der Waals surface area contributed by atoms with Crippen molar-refractivity contribution in [2.24, 2.45) is 5.10 Å². The van der Waals surface area contributed by atoms with Gasteiger partial charge in [0.15, 0.2) is 5.71 Å². The number of halogens is 3. The first-order valence-corrected chi connectivity index (χ1v) is 5.93. The predicted molar refractivity (Wildman–Crippen MR) is 71.2 cm³/mol. The van der Waals surface area contributed by atoms with E-state index in [1.807, 2.05) is 0 Å². The molecule has 0 aliphatic heterocycles. The van der Waals surface area contributed by atoms with Crippen molar-refractivity contribution in [1.82, 2.24) is 0 Å². The number of nitrogens with one attached hydrogen (secondary N) is 1. The summed E-state index contributed by atoms with van der Waals surface area (Å²) < 4.78 is 46.1. The van der Waals surface area contributed by atoms with Gasteiger partial charge in [-0.05, 0) is 24.3 Å². The number of hydrazone groups is 1. The summed E-state index contributed by atoms with van der Waals surface area (Å²) in [6.07, 6.45) is -4.87. The summed E-state index contributed by atoms with van der Waals surface area (Å²) >= 11 is 0. The van der Waals surface area contributed by atoms with Crippen LogP contribution in [0.4, 0.5) is 18.9 Å². The van der Waals surface area contributed by atoms with Gasteiger partial charge in [-0.25, -0.2) is 4.79 Å². The van der Waals surface area contributed by atoms with Crippen LogP contribution in [0.3, 0.4) is 0 Å². The van der Waals surface area contributed by atoms with Crippen molar-refractivity contribution < 1.29 is 32.2 Å². The number of ether oxygens (including phenoxy) is 2. The Morgan fingerprint density at radius 1 is 1.14 bits per heavy atom. The summed E-state index contributed by atoms with van der Waals surface area (Å²) in [4.78, 5) is 22.6. The molecule has 120 valence electrons. The van der Waals surface area contributed by atoms with Crippen molar-refractivity contribution in [3.8, 4) is 0 Å². The minimum Gasteiger partial charge on any atom is -0.469 e. The lowest BCUT2D eigenvalue weighted by atomic mass is 10.2. The summed E-state index contributed by atoms with van der Waals surface area (Å²) in [7, 11) is 2.24. The number of hydrogen-bond acceptors (Lipinski definition) is 6. The van der Waals surface area contributed by atoms with Crippen molar-refractivity contribution >= 4 is 23.3 Å². The van der Waals surface area contributed by atoms with Crippen LogP contribution >= 0.6 is 0 Å². The number of hydrogen-bond donors (Lipinski definition) is 1. The lowest BCUT2D eigenvalue weighted by Crippen LogP contribution is -2.21. The number of rotatable bonds is 5. The minimum atomic E-state index is -4.44. The van der Waals surface area contributed by atoms with E-state index in [4.69, 9.17) is 0 Å². The first kappa shape index (κ1) is 17.5. The zero-order valence-electron chi connectivity index (χ0n) is 11.7. The van der Waals surface area contributed by atoms with Crippen LogP contribution in [0.1, 0.15) is 12.0 Å². The maximum absolute atomic E-state index is 12.4. The third-order valence-corrected chi connectivity index (χ3v) is 2.49. The average Bonchev–Trinajstić information content (AvgIpc) is 2.49. The Kier molecular flexibility index (Phi) is 5.90. The summed E-state index contributed by atoms with van der Waals surface area (Å²) in [5.74, 6) is -1.57. The van der Waals surface area contributed by atoms with Gasteiger partial charge < -0.3 is 9.47 Å². The van der Waals surface area contributed by atoms with Crippen molar-refractivity contribution in [3.63, 3.8) is 0 Å². The van der Waals surface area contributed by atoms with Gasteiger partial charge in [-0.15, -0.1) is 0 Å². The molecule has 0 aliphatic rings. The number of alkyl halides is 3. The smallest absolute Gasteiger partial charge is 0.416 e. The number of carbonyl (C=O) groups excluding carboxylic acids is 2. The van der Waals surface area contributed by atoms with Crippen molar-refractivity contribution in [2.45, 2.75) is 12.6 Å². The van der Waals surface area contributed by atoms with Crippen LogP contribution in [0.5, 0.6) is 0 Å². The lowest BCUT2D eigenvalue weighted by molar-refractivity contribution is -0.140. The molecule has 1 N–H and O–H groups in total. The second-order valence-corrected chi connectivity index (χ2v) is 3.99. The Bertz CT molecular complexity index is 568. The average molecular weight is 318 g/mol. The zero-order valence-corrected chi connectivity index (χ0v) is 11.7. The highest BCUT2D eigenvalue weighted by Gasteiger charge is 2.29. The molecule has 0 radical (unpaired) electrons. The largest absolute Gasteiger partial charge is 0.469 e. The van der Waals surface area contributed by atoms with E-state index in [0.717, 1.165) is 38.5 Å². The second kappa shape index (κ2) is 7.43. The highest BCUT2D eigenvalue weighted by Crippen LogP contribution is 2.29. The van der Waals surface area contributed by atoms with E-state index in [1.165, 1.54) is 0 Å². The molecule has 0 bridgehead atoms. The minimum absolute atomic E-state index is 0.208. The highest BCUT2D eigenvalue weighted by molar-refractivity contribution is 6.39. The van der Waals surface area contributed by atoms with Crippen molar-refractivity contribution in [2.75, 3.05) is 19.6 Å². The Morgan fingerprint density at radius 3 is 2.18 bits per heavy atom. The molecule has 0 spiro atoms. The molecule has 9 heteroatoms. The molecule has 0 aromatic heterocycles. The zero-order chi connectivity index (χ0) is 16.8. The molecule has 0 amide bonds. The number of carbonyl (C=O) groups is 2. The van der Waals surface area contributed by atoms with E-state index >= 15 is 0 Å². The molecule has 1 rings (SSSR count). The summed E-state index contributed by atoms with van der Waals surface area (Å²) in [5.41, 5.74) is 1.50. The maximum atomic E-state index is 12.4. The molecular formula is C13H13F3N2O4. The Balaban J connectivity index is 2.85. The van der Waals surface area contributed by atoms with Gasteiger partial charge >= 0.3 is 18.1 Å². The van der Waals surface area contributed by atoms with Gasteiger partial charge in [-0.3, -0.25) is 10.2 Å². The van der Waals surface area contributed by atoms with Crippen LogP contribution in [0, 0.1) is 0 Å². The monoisotopic (exact) mass is 318 g/mol. The number of anilines is 1. The molecule has 0 saturated heterocycles. The molecule has 6 nitrogen and oxygen atoms in total. The molecule has 0 fully saturated rings. The molecule has 0 unspecified atom stereocenters. The van der Waals surface area contributed by atoms with Crippen LogP contribution in [0.2, 0.25) is 0 Å². The second-order valence-electron chi connectivity index (χ2n) is 3.99. The molecule has 0 aliphatic carbocycles. The number of nitrogens with zero attached hydrogens (tertiary/aromatic N) is 1. The Labute approximate surface area is 123 Å². The van der Waals surface area contributed by atoms with E-state index in [9.17, 15) is 22.8 Å². The van der Waals surface area contributed by atoms with Crippen LogP contribution < -0.4 is 5.43 Å². The SMILES string of the molecule is COC(=O)C/C(=N\Nc1ccc(C(F)(F)F)cc1)C(=O)OC. The first-order chi connectivity index (χ1) is 10.3. The van der Waals surface area contributed by atoms with Crippen LogP contribution in [-0.2, 0) is 25.2 Å². The summed E-state index contributed by atoms with van der Waals surface area (Å²) in [5, 5.41) is 3.65. The van der Waals surface area contributed by atoms with Crippen LogP contribution in [0.25, 0.3) is 0 Å². The third kappa shape index (κ3) is 5.08. The number of esters is 2. The van der Waals surface area contributed by atoms with Gasteiger partial charge in [0.2, 0.25) is 0 Å². The molecule has 0 heterocycles. The first-order valence-electron chi connectivity index (χ1n) is 5.93. The van der Waals surface area contributed by atoms with Crippen LogP contribution in [-0.4, -0.2) is 31.9 Å². The summed E-state index contributed by atoms with van der Waals surface area (Å²) in [6.45, 7) is 0. The fourth-order valence-electron chi connectivity index (χ4n) is 1.35. The third-order valence-electron chi connectivity index (χ3n) is 2.49. The molecule has 22 heavy (non-hydrogen) atoms. The van der Waals surface area contributed by atoms with Gasteiger partial charge in [0.25, 0.3) is 0 Å². The quantitative estimate of drug-likeness (QED) is 0.512. The van der Waals surface area contributed by atoms with Gasteiger partial charge in [0.1, 0.15) is 0 Å². The fraction of sp³-hybridized carbons (Fsp3) is 0.308. The number of methoxy groups -OCH3 is 2. The summed E-state index contributed by atoms with van der Waals surface area (Å²) in [6, 6.07) is 3.99. The Morgan fingerprint density at radius 2 is 1.73 bits per heavy atom. The van der Waals surface area contributed by atoms with E-state index in [0.29, 0.717) is 0 Å². The van der Waals surface area contributed by atoms with E-state index in [2.05, 4.69) is 20.0 Å². The molecule has 0 atom stereocenters. The van der Waals surface area contributed by atoms with E-state index < -0.39 is 30.1 Å². The van der Waals surface area contributed by atoms with E-state index in [1.54, 1.807) is 0 Å². The standard InChI is InChI=1S/C13H13F3N2O4/c1-21-11(19)7-10(12(20)22-2)18-17-9-5-3-8(4-6-9)13(14,15)16/h3-6,17H,7H2,1-2H3/b18-10+. The van der Waals surface area contributed by atoms with E-state index in [-0.39, 0.29) is 11.4 Å². The normalized spacial score (nSPS) is 11.8. The van der Waals surface area contributed by atoms with Gasteiger partial charge in [0, 0.05) is 0 Å². The lowest BCUT2D eigenvalue weighted by Gasteiger charge is -2.08. The predicted octanol–water partition coefficient (Wildman–Crippen LogP) is 2.21. The van der Waals surface area contributed by atoms with Gasteiger partial charge in [0.05, 0.1) is 31.9 Å². The van der Waals surface area contributed by atoms with Gasteiger partial charge in [-0.2, -0.15) is 18.3 Å². The molecule has 0 saturated carbocycles. The molecular weight excluding hydrogens is 305 g/mol. The molecule has 1 aromatic carbocycles. The number of benzene rings is 1. The van der Waals surface area contributed by atoms with Crippen molar-refractivity contribution in [3.05, 3.63) is 29.8 Å². The Hall–Kier alpha value is -2.58. The maximum Gasteiger partial charge on any atom is 0.416 e. The van der Waals surface area contributed by atoms with Crippen molar-refractivity contribution in [1.29, 1.82) is 0 Å². The fourth-order valence-corrected chi connectivity index (χ4v) is 1.35. The topological polar surface area (TPSA) is 77.0 Å².